The van der Waals surface area contributed by atoms with Gasteiger partial charge < -0.3 is 20.3 Å². The predicted molar refractivity (Wildman–Crippen MR) is 109 cm³/mol. The van der Waals surface area contributed by atoms with Crippen molar-refractivity contribution in [1.29, 1.82) is 0 Å². The summed E-state index contributed by atoms with van der Waals surface area (Å²) in [6, 6.07) is 8.20. The molecule has 0 aliphatic carbocycles. The Morgan fingerprint density at radius 1 is 1.21 bits per heavy atom. The number of carbonyl (C=O) groups excluding carboxylic acids is 1. The number of phenols is 2. The molecule has 3 rings (SSSR count). The van der Waals surface area contributed by atoms with E-state index in [1.165, 1.54) is 25.0 Å². The summed E-state index contributed by atoms with van der Waals surface area (Å²) in [5.74, 6) is -0.656. The molecule has 2 aromatic rings. The van der Waals surface area contributed by atoms with Crippen molar-refractivity contribution in [2.24, 2.45) is 0 Å². The van der Waals surface area contributed by atoms with Crippen LogP contribution in [0.1, 0.15) is 34.3 Å². The lowest BCUT2D eigenvalue weighted by Gasteiger charge is -2.15. The van der Waals surface area contributed by atoms with Gasteiger partial charge in [0.2, 0.25) is 0 Å². The van der Waals surface area contributed by atoms with Crippen molar-refractivity contribution in [3.63, 3.8) is 0 Å². The number of esters is 1. The zero-order chi connectivity index (χ0) is 20.1. The molecular formula is C21H25ClN2O4. The lowest BCUT2D eigenvalue weighted by atomic mass is 10.1. The molecule has 1 fully saturated rings. The van der Waals surface area contributed by atoms with E-state index >= 15 is 0 Å². The first-order valence-electron chi connectivity index (χ1n) is 9.38. The second kappa shape index (κ2) is 9.17. The molecular weight excluding hydrogens is 380 g/mol. The van der Waals surface area contributed by atoms with E-state index in [1.807, 2.05) is 13.0 Å². The highest BCUT2D eigenvalue weighted by Gasteiger charge is 2.16. The van der Waals surface area contributed by atoms with Gasteiger partial charge in [0.25, 0.3) is 0 Å². The highest BCUT2D eigenvalue weighted by atomic mass is 35.5. The van der Waals surface area contributed by atoms with E-state index in [-0.39, 0.29) is 17.1 Å². The summed E-state index contributed by atoms with van der Waals surface area (Å²) in [6.45, 7) is 5.34. The Kier molecular flexibility index (Phi) is 6.65. The number of ether oxygens (including phenoxy) is 1. The van der Waals surface area contributed by atoms with Crippen molar-refractivity contribution in [2.45, 2.75) is 26.3 Å². The summed E-state index contributed by atoms with van der Waals surface area (Å²) in [5, 5.41) is 23.6. The van der Waals surface area contributed by atoms with E-state index < -0.39 is 5.97 Å². The predicted octanol–water partition coefficient (Wildman–Crippen LogP) is 3.92. The number of phenolic OH excluding ortho intramolecular Hbond substituents is 2. The van der Waals surface area contributed by atoms with Gasteiger partial charge in [-0.1, -0.05) is 17.7 Å². The summed E-state index contributed by atoms with van der Waals surface area (Å²) >= 11 is 5.99. The van der Waals surface area contributed by atoms with E-state index in [1.54, 1.807) is 12.1 Å². The zero-order valence-electron chi connectivity index (χ0n) is 15.9. The van der Waals surface area contributed by atoms with Crippen LogP contribution in [0.5, 0.6) is 11.5 Å². The number of anilines is 1. The molecule has 0 radical (unpaired) electrons. The highest BCUT2D eigenvalue weighted by molar-refractivity contribution is 6.32. The third-order valence-corrected chi connectivity index (χ3v) is 5.11. The number of likely N-dealkylation sites (tertiary alicyclic amines) is 1. The molecule has 0 bridgehead atoms. The molecule has 1 saturated heterocycles. The van der Waals surface area contributed by atoms with Crippen LogP contribution in [0.15, 0.2) is 30.3 Å². The van der Waals surface area contributed by atoms with Crippen LogP contribution in [0.3, 0.4) is 0 Å². The van der Waals surface area contributed by atoms with Crippen LogP contribution >= 0.6 is 11.6 Å². The number of nitrogens with one attached hydrogen (secondary N) is 1. The van der Waals surface area contributed by atoms with Crippen molar-refractivity contribution in [2.75, 3.05) is 31.6 Å². The molecule has 1 heterocycles. The second-order valence-electron chi connectivity index (χ2n) is 7.02. The van der Waals surface area contributed by atoms with Gasteiger partial charge in [0.15, 0.2) is 0 Å². The minimum absolute atomic E-state index is 0.0298. The fourth-order valence-electron chi connectivity index (χ4n) is 3.30. The Hall–Kier alpha value is -2.44. The molecule has 0 amide bonds. The van der Waals surface area contributed by atoms with Gasteiger partial charge in [-0.2, -0.15) is 0 Å². The van der Waals surface area contributed by atoms with E-state index in [0.29, 0.717) is 36.0 Å². The third-order valence-electron chi connectivity index (χ3n) is 4.83. The van der Waals surface area contributed by atoms with Gasteiger partial charge in [-0.05, 0) is 56.6 Å². The Morgan fingerprint density at radius 3 is 2.68 bits per heavy atom. The van der Waals surface area contributed by atoms with Gasteiger partial charge in [-0.25, -0.2) is 4.79 Å². The first-order valence-corrected chi connectivity index (χ1v) is 9.76. The van der Waals surface area contributed by atoms with Crippen molar-refractivity contribution in [3.05, 3.63) is 52.0 Å². The molecule has 150 valence electrons. The Bertz CT molecular complexity index is 851. The smallest absolute Gasteiger partial charge is 0.341 e. The van der Waals surface area contributed by atoms with E-state index in [9.17, 15) is 15.0 Å². The van der Waals surface area contributed by atoms with Gasteiger partial charge in [-0.3, -0.25) is 4.90 Å². The topological polar surface area (TPSA) is 82.0 Å². The van der Waals surface area contributed by atoms with Crippen LogP contribution in [0.4, 0.5) is 5.69 Å². The maximum absolute atomic E-state index is 12.2. The average molecular weight is 405 g/mol. The number of aryl methyl sites for hydroxylation is 1. The quantitative estimate of drug-likeness (QED) is 0.607. The fourth-order valence-corrected chi connectivity index (χ4v) is 3.60. The molecule has 1 aliphatic rings. The van der Waals surface area contributed by atoms with E-state index in [2.05, 4.69) is 10.2 Å². The molecule has 0 aromatic heterocycles. The lowest BCUT2D eigenvalue weighted by molar-refractivity contribution is 0.0469. The van der Waals surface area contributed by atoms with Crippen molar-refractivity contribution in [3.8, 4) is 11.5 Å². The highest BCUT2D eigenvalue weighted by Crippen LogP contribution is 2.30. The fraction of sp³-hybridized carbons (Fsp3) is 0.381. The van der Waals surface area contributed by atoms with Gasteiger partial charge in [-0.15, -0.1) is 0 Å². The first kappa shape index (κ1) is 20.3. The number of benzene rings is 2. The number of hydrogen-bond donors (Lipinski definition) is 3. The molecule has 1 aliphatic heterocycles. The summed E-state index contributed by atoms with van der Waals surface area (Å²) in [6.07, 6.45) is 2.38. The summed E-state index contributed by atoms with van der Waals surface area (Å²) in [4.78, 5) is 14.4. The van der Waals surface area contributed by atoms with Gasteiger partial charge >= 0.3 is 5.97 Å². The number of rotatable bonds is 7. The largest absolute Gasteiger partial charge is 0.507 e. The minimum Gasteiger partial charge on any atom is -0.507 e. The summed E-state index contributed by atoms with van der Waals surface area (Å²) in [5.41, 5.74) is 2.33. The van der Waals surface area contributed by atoms with Crippen molar-refractivity contribution in [1.82, 2.24) is 4.90 Å². The Balaban J connectivity index is 1.56. The van der Waals surface area contributed by atoms with Crippen molar-refractivity contribution >= 4 is 23.3 Å². The number of aromatic hydroxyl groups is 2. The second-order valence-corrected chi connectivity index (χ2v) is 7.43. The SMILES string of the molecule is Cc1cc(Cl)c(O)c(CNc2ccc(C(=O)OCCN3CCCC3)c(O)c2)c1. The van der Waals surface area contributed by atoms with Gasteiger partial charge in [0.05, 0.1) is 5.02 Å². The molecule has 6 nitrogen and oxygen atoms in total. The van der Waals surface area contributed by atoms with Crippen molar-refractivity contribution < 1.29 is 19.7 Å². The standard InChI is InChI=1S/C21H25ClN2O4/c1-14-10-15(20(26)18(22)11-14)13-23-16-4-5-17(19(25)12-16)21(27)28-9-8-24-6-2-3-7-24/h4-5,10-12,23,25-26H,2-3,6-9,13H2,1H3. The molecule has 2 aromatic carbocycles. The van der Waals surface area contributed by atoms with Gasteiger partial charge in [0.1, 0.15) is 23.7 Å². The molecule has 28 heavy (non-hydrogen) atoms. The van der Waals surface area contributed by atoms with E-state index in [4.69, 9.17) is 16.3 Å². The average Bonchev–Trinajstić information content (AvgIpc) is 3.17. The molecule has 3 N–H and O–H groups in total. The molecule has 0 atom stereocenters. The molecule has 0 saturated carbocycles. The number of halogens is 1. The lowest BCUT2D eigenvalue weighted by Crippen LogP contribution is -2.25. The molecule has 0 spiro atoms. The summed E-state index contributed by atoms with van der Waals surface area (Å²) < 4.78 is 5.27. The van der Waals surface area contributed by atoms with E-state index in [0.717, 1.165) is 18.7 Å². The van der Waals surface area contributed by atoms with Gasteiger partial charge in [0, 0.05) is 30.4 Å². The van der Waals surface area contributed by atoms with Crippen LogP contribution in [0.25, 0.3) is 0 Å². The van der Waals surface area contributed by atoms with Crippen LogP contribution in [0, 0.1) is 6.92 Å². The maximum atomic E-state index is 12.2. The number of carbonyl (C=O) groups is 1. The molecule has 7 heteroatoms. The Morgan fingerprint density at radius 2 is 1.96 bits per heavy atom. The first-order chi connectivity index (χ1) is 13.4. The van der Waals surface area contributed by atoms with Crippen LogP contribution < -0.4 is 5.32 Å². The summed E-state index contributed by atoms with van der Waals surface area (Å²) in [7, 11) is 0. The van der Waals surface area contributed by atoms with Crippen LogP contribution in [-0.4, -0.2) is 47.3 Å². The van der Waals surface area contributed by atoms with Crippen LogP contribution in [-0.2, 0) is 11.3 Å². The molecule has 0 unspecified atom stereocenters. The number of nitrogens with zero attached hydrogens (tertiary/aromatic N) is 1. The third kappa shape index (κ3) is 5.09. The normalized spacial score (nSPS) is 14.2. The minimum atomic E-state index is -0.536. The maximum Gasteiger partial charge on any atom is 0.341 e. The Labute approximate surface area is 169 Å². The zero-order valence-corrected chi connectivity index (χ0v) is 16.6. The monoisotopic (exact) mass is 404 g/mol. The van der Waals surface area contributed by atoms with Crippen LogP contribution in [0.2, 0.25) is 5.02 Å². The number of hydrogen-bond acceptors (Lipinski definition) is 6.